The maximum atomic E-state index is 11.2. The standard InChI is InChI=1S/C9H7BrN4O2/c1-16-9(15)7(13-14-11)5-6-3-2-4-8(10)12-6/h2-5H,1H3/b7-5-. The molecular formula is C9H7BrN4O2. The van der Waals surface area contributed by atoms with Crippen LogP contribution >= 0.6 is 15.9 Å². The molecule has 0 N–H and O–H groups in total. The zero-order valence-electron chi connectivity index (χ0n) is 8.29. The Hall–Kier alpha value is -1.85. The van der Waals surface area contributed by atoms with Crippen molar-refractivity contribution < 1.29 is 9.53 Å². The number of esters is 1. The molecule has 1 rings (SSSR count). The molecular weight excluding hydrogens is 276 g/mol. The van der Waals surface area contributed by atoms with E-state index in [0.29, 0.717) is 10.3 Å². The Morgan fingerprint density at radius 1 is 1.69 bits per heavy atom. The molecule has 0 atom stereocenters. The van der Waals surface area contributed by atoms with Gasteiger partial charge in [0.1, 0.15) is 10.3 Å². The van der Waals surface area contributed by atoms with Crippen molar-refractivity contribution >= 4 is 28.0 Å². The Morgan fingerprint density at radius 3 is 3.00 bits per heavy atom. The first-order valence-corrected chi connectivity index (χ1v) is 4.94. The minimum atomic E-state index is -0.709. The van der Waals surface area contributed by atoms with Gasteiger partial charge in [-0.3, -0.25) is 0 Å². The Morgan fingerprint density at radius 2 is 2.44 bits per heavy atom. The summed E-state index contributed by atoms with van der Waals surface area (Å²) in [5, 5.41) is 3.23. The molecule has 0 aliphatic carbocycles. The number of carbonyl (C=O) groups excluding carboxylic acids is 1. The second-order valence-electron chi connectivity index (χ2n) is 2.60. The molecule has 0 radical (unpaired) electrons. The van der Waals surface area contributed by atoms with Crippen molar-refractivity contribution in [2.75, 3.05) is 7.11 Å². The van der Waals surface area contributed by atoms with E-state index >= 15 is 0 Å². The van der Waals surface area contributed by atoms with Crippen LogP contribution in [0.25, 0.3) is 16.5 Å². The highest BCUT2D eigenvalue weighted by molar-refractivity contribution is 9.10. The summed E-state index contributed by atoms with van der Waals surface area (Å²) in [5.74, 6) is -0.709. The van der Waals surface area contributed by atoms with Crippen LogP contribution in [0.5, 0.6) is 0 Å². The van der Waals surface area contributed by atoms with Crippen LogP contribution in [0.15, 0.2) is 33.6 Å². The van der Waals surface area contributed by atoms with Gasteiger partial charge in [0, 0.05) is 4.91 Å². The number of halogens is 1. The summed E-state index contributed by atoms with van der Waals surface area (Å²) in [6.45, 7) is 0. The first-order valence-electron chi connectivity index (χ1n) is 4.15. The third-order valence-corrected chi connectivity index (χ3v) is 2.01. The predicted octanol–water partition coefficient (Wildman–Crippen LogP) is 2.67. The van der Waals surface area contributed by atoms with Crippen LogP contribution < -0.4 is 0 Å². The Kier molecular flexibility index (Phi) is 4.50. The zero-order chi connectivity index (χ0) is 12.0. The van der Waals surface area contributed by atoms with E-state index in [-0.39, 0.29) is 5.70 Å². The van der Waals surface area contributed by atoms with E-state index in [2.05, 4.69) is 35.7 Å². The van der Waals surface area contributed by atoms with E-state index in [9.17, 15) is 4.79 Å². The topological polar surface area (TPSA) is 88.0 Å². The summed E-state index contributed by atoms with van der Waals surface area (Å²) < 4.78 is 5.07. The van der Waals surface area contributed by atoms with E-state index in [0.717, 1.165) is 0 Å². The molecule has 0 aliphatic rings. The van der Waals surface area contributed by atoms with E-state index < -0.39 is 5.97 Å². The third kappa shape index (κ3) is 3.38. The number of hydrogen-bond donors (Lipinski definition) is 0. The van der Waals surface area contributed by atoms with Gasteiger partial charge in [-0.15, -0.1) is 0 Å². The summed E-state index contributed by atoms with van der Waals surface area (Å²) in [6.07, 6.45) is 1.34. The number of azide groups is 1. The summed E-state index contributed by atoms with van der Waals surface area (Å²) >= 11 is 3.19. The van der Waals surface area contributed by atoms with E-state index in [1.54, 1.807) is 18.2 Å². The molecule has 16 heavy (non-hydrogen) atoms. The average molecular weight is 283 g/mol. The average Bonchev–Trinajstić information content (AvgIpc) is 2.27. The minimum absolute atomic E-state index is 0.143. The number of aromatic nitrogens is 1. The van der Waals surface area contributed by atoms with Gasteiger partial charge >= 0.3 is 5.97 Å². The van der Waals surface area contributed by atoms with Gasteiger partial charge in [0.25, 0.3) is 0 Å². The van der Waals surface area contributed by atoms with Crippen molar-refractivity contribution in [1.82, 2.24) is 4.98 Å². The normalized spacial score (nSPS) is 10.5. The second kappa shape index (κ2) is 5.89. The monoisotopic (exact) mass is 282 g/mol. The molecule has 0 saturated carbocycles. The molecule has 1 heterocycles. The predicted molar refractivity (Wildman–Crippen MR) is 61.1 cm³/mol. The fourth-order valence-corrected chi connectivity index (χ4v) is 1.28. The van der Waals surface area contributed by atoms with E-state index in [1.165, 1.54) is 13.2 Å². The number of rotatable bonds is 3. The van der Waals surface area contributed by atoms with E-state index in [1.807, 2.05) is 0 Å². The molecule has 0 bridgehead atoms. The smallest absolute Gasteiger partial charge is 0.340 e. The molecule has 82 valence electrons. The fraction of sp³-hybridized carbons (Fsp3) is 0.111. The third-order valence-electron chi connectivity index (χ3n) is 1.57. The van der Waals surface area contributed by atoms with Gasteiger partial charge in [0.15, 0.2) is 0 Å². The Labute approximate surface area is 99.7 Å². The van der Waals surface area contributed by atoms with Gasteiger partial charge < -0.3 is 4.74 Å². The molecule has 0 amide bonds. The second-order valence-corrected chi connectivity index (χ2v) is 3.41. The zero-order valence-corrected chi connectivity index (χ0v) is 9.88. The van der Waals surface area contributed by atoms with Crippen LogP contribution in [0.3, 0.4) is 0 Å². The lowest BCUT2D eigenvalue weighted by Crippen LogP contribution is -2.02. The highest BCUT2D eigenvalue weighted by atomic mass is 79.9. The van der Waals surface area contributed by atoms with Crippen molar-refractivity contribution in [3.8, 4) is 0 Å². The summed E-state index contributed by atoms with van der Waals surface area (Å²) in [5.41, 5.74) is 8.64. The molecule has 0 aromatic carbocycles. The molecule has 0 saturated heterocycles. The lowest BCUT2D eigenvalue weighted by molar-refractivity contribution is -0.136. The maximum absolute atomic E-state index is 11.2. The minimum Gasteiger partial charge on any atom is -0.466 e. The number of hydrogen-bond acceptors (Lipinski definition) is 4. The fourth-order valence-electron chi connectivity index (χ4n) is 0.926. The number of pyridine rings is 1. The molecule has 0 unspecified atom stereocenters. The largest absolute Gasteiger partial charge is 0.466 e. The summed E-state index contributed by atoms with van der Waals surface area (Å²) in [4.78, 5) is 17.8. The van der Waals surface area contributed by atoms with Crippen molar-refractivity contribution in [2.45, 2.75) is 0 Å². The van der Waals surface area contributed by atoms with Crippen molar-refractivity contribution in [1.29, 1.82) is 0 Å². The van der Waals surface area contributed by atoms with Gasteiger partial charge in [-0.2, -0.15) is 0 Å². The first kappa shape index (κ1) is 12.2. The van der Waals surface area contributed by atoms with Gasteiger partial charge in [-0.1, -0.05) is 11.2 Å². The van der Waals surface area contributed by atoms with Gasteiger partial charge in [0.2, 0.25) is 0 Å². The molecule has 0 fully saturated rings. The first-order chi connectivity index (χ1) is 7.67. The van der Waals surface area contributed by atoms with Crippen LogP contribution in [0.4, 0.5) is 0 Å². The Bertz CT molecular complexity index is 480. The quantitative estimate of drug-likeness (QED) is 0.213. The lowest BCUT2D eigenvalue weighted by atomic mass is 10.3. The molecule has 7 heteroatoms. The van der Waals surface area contributed by atoms with Gasteiger partial charge in [0.05, 0.1) is 12.8 Å². The van der Waals surface area contributed by atoms with Crippen molar-refractivity contribution in [3.63, 3.8) is 0 Å². The summed E-state index contributed by atoms with van der Waals surface area (Å²) in [7, 11) is 1.21. The van der Waals surface area contributed by atoms with Crippen molar-refractivity contribution in [3.05, 3.63) is 44.6 Å². The maximum Gasteiger partial charge on any atom is 0.340 e. The number of carbonyl (C=O) groups is 1. The molecule has 1 aromatic heterocycles. The number of nitrogens with zero attached hydrogens (tertiary/aromatic N) is 4. The Balaban J connectivity index is 3.11. The summed E-state index contributed by atoms with van der Waals surface area (Å²) in [6, 6.07) is 5.15. The van der Waals surface area contributed by atoms with Gasteiger partial charge in [-0.25, -0.2) is 9.78 Å². The molecule has 6 nitrogen and oxygen atoms in total. The SMILES string of the molecule is COC(=O)/C(=C/c1cccc(Br)n1)N=[N+]=[N-]. The van der Waals surface area contributed by atoms with E-state index in [4.69, 9.17) is 5.53 Å². The molecule has 0 spiro atoms. The van der Waals surface area contributed by atoms with Crippen LogP contribution in [0.2, 0.25) is 0 Å². The van der Waals surface area contributed by atoms with Crippen LogP contribution in [0, 0.1) is 0 Å². The number of ether oxygens (including phenoxy) is 1. The van der Waals surface area contributed by atoms with Crippen LogP contribution in [-0.2, 0) is 9.53 Å². The van der Waals surface area contributed by atoms with Crippen molar-refractivity contribution in [2.24, 2.45) is 5.11 Å². The highest BCUT2D eigenvalue weighted by Crippen LogP contribution is 2.11. The van der Waals surface area contributed by atoms with Gasteiger partial charge in [-0.05, 0) is 39.7 Å². The molecule has 1 aromatic rings. The molecule has 0 aliphatic heterocycles. The number of methoxy groups -OCH3 is 1. The highest BCUT2D eigenvalue weighted by Gasteiger charge is 2.07. The lowest BCUT2D eigenvalue weighted by Gasteiger charge is -1.98. The van der Waals surface area contributed by atoms with Crippen LogP contribution in [-0.4, -0.2) is 18.1 Å². The van der Waals surface area contributed by atoms with Crippen LogP contribution in [0.1, 0.15) is 5.69 Å².